The average Bonchev–Trinajstić information content (AvgIpc) is 3.26. The van der Waals surface area contributed by atoms with Crippen molar-refractivity contribution in [3.8, 4) is 0 Å². The summed E-state index contributed by atoms with van der Waals surface area (Å²) in [6.07, 6.45) is 6.70. The maximum atomic E-state index is 5.68. The monoisotopic (exact) mass is 334 g/mol. The smallest absolute Gasteiger partial charge is 0.191 e. The fraction of sp³-hybridized carbons (Fsp3) is 0.737. The van der Waals surface area contributed by atoms with Crippen molar-refractivity contribution in [3.05, 3.63) is 24.2 Å². The molecule has 2 N–H and O–H groups in total. The summed E-state index contributed by atoms with van der Waals surface area (Å²) in [5.74, 6) is 2.65. The first-order valence-corrected chi connectivity index (χ1v) is 9.34. The Bertz CT molecular complexity index is 478. The van der Waals surface area contributed by atoms with Crippen LogP contribution in [-0.2, 0) is 0 Å². The van der Waals surface area contributed by atoms with E-state index in [1.165, 1.54) is 19.3 Å². The molecule has 0 radical (unpaired) electrons. The zero-order valence-electron chi connectivity index (χ0n) is 15.7. The van der Waals surface area contributed by atoms with Crippen LogP contribution < -0.4 is 10.6 Å². The van der Waals surface area contributed by atoms with Gasteiger partial charge in [-0.05, 0) is 63.7 Å². The van der Waals surface area contributed by atoms with Crippen LogP contribution in [0.15, 0.2) is 27.8 Å². The third-order valence-electron chi connectivity index (χ3n) is 4.70. The van der Waals surface area contributed by atoms with E-state index in [0.29, 0.717) is 6.04 Å². The van der Waals surface area contributed by atoms with E-state index in [0.717, 1.165) is 43.7 Å². The second kappa shape index (κ2) is 9.72. The molecule has 1 aromatic heterocycles. The van der Waals surface area contributed by atoms with Crippen LogP contribution in [0.5, 0.6) is 0 Å². The zero-order valence-corrected chi connectivity index (χ0v) is 15.7. The van der Waals surface area contributed by atoms with Crippen LogP contribution in [-0.4, -0.2) is 43.6 Å². The number of hydrogen-bond donors (Lipinski definition) is 2. The highest BCUT2D eigenvalue weighted by molar-refractivity contribution is 5.79. The molecule has 136 valence electrons. The van der Waals surface area contributed by atoms with Crippen molar-refractivity contribution in [2.75, 3.05) is 26.7 Å². The zero-order chi connectivity index (χ0) is 17.4. The lowest BCUT2D eigenvalue weighted by atomic mass is 10.0. The van der Waals surface area contributed by atoms with Gasteiger partial charge in [-0.15, -0.1) is 0 Å². The van der Waals surface area contributed by atoms with E-state index in [9.17, 15) is 0 Å². The molecule has 0 saturated carbocycles. The highest BCUT2D eigenvalue weighted by atomic mass is 16.3. The number of furan rings is 1. The maximum Gasteiger partial charge on any atom is 0.191 e. The van der Waals surface area contributed by atoms with Crippen molar-refractivity contribution in [1.82, 2.24) is 15.5 Å². The van der Waals surface area contributed by atoms with Gasteiger partial charge in [0, 0.05) is 19.6 Å². The molecule has 2 atom stereocenters. The Kier molecular flexibility index (Phi) is 7.63. The standard InChI is InChI=1S/C19H34N4O/c1-15(2)9-10-16(3)22-19(20-4)21-14-17(18-8-7-13-24-18)23-11-5-6-12-23/h7-8,13,15-17H,5-6,9-12,14H2,1-4H3,(H2,20,21,22). The number of nitrogens with zero attached hydrogens (tertiary/aromatic N) is 2. The Morgan fingerprint density at radius 1 is 1.25 bits per heavy atom. The van der Waals surface area contributed by atoms with E-state index in [2.05, 4.69) is 47.4 Å². The first kappa shape index (κ1) is 18.8. The van der Waals surface area contributed by atoms with Gasteiger partial charge in [0.2, 0.25) is 0 Å². The Labute approximate surface area is 146 Å². The van der Waals surface area contributed by atoms with Gasteiger partial charge in [-0.2, -0.15) is 0 Å². The summed E-state index contributed by atoms with van der Waals surface area (Å²) in [7, 11) is 1.84. The average molecular weight is 335 g/mol. The molecule has 5 nitrogen and oxygen atoms in total. The first-order valence-electron chi connectivity index (χ1n) is 9.34. The number of likely N-dealkylation sites (tertiary alicyclic amines) is 1. The Morgan fingerprint density at radius 2 is 2.00 bits per heavy atom. The SMILES string of the molecule is CN=C(NCC(c1ccco1)N1CCCC1)NC(C)CCC(C)C. The molecular formula is C19H34N4O. The van der Waals surface area contributed by atoms with Gasteiger partial charge in [-0.3, -0.25) is 9.89 Å². The molecule has 0 spiro atoms. The van der Waals surface area contributed by atoms with Gasteiger partial charge in [0.05, 0.1) is 12.3 Å². The number of nitrogens with one attached hydrogen (secondary N) is 2. The van der Waals surface area contributed by atoms with Gasteiger partial charge in [-0.25, -0.2) is 0 Å². The molecule has 24 heavy (non-hydrogen) atoms. The molecule has 0 aromatic carbocycles. The van der Waals surface area contributed by atoms with Crippen LogP contribution in [0.3, 0.4) is 0 Å². The highest BCUT2D eigenvalue weighted by Gasteiger charge is 2.25. The molecule has 2 heterocycles. The second-order valence-electron chi connectivity index (χ2n) is 7.24. The van der Waals surface area contributed by atoms with Crippen LogP contribution >= 0.6 is 0 Å². The first-order chi connectivity index (χ1) is 11.6. The van der Waals surface area contributed by atoms with E-state index in [1.54, 1.807) is 6.26 Å². The van der Waals surface area contributed by atoms with E-state index >= 15 is 0 Å². The van der Waals surface area contributed by atoms with Gasteiger partial charge in [0.1, 0.15) is 5.76 Å². The predicted molar refractivity (Wildman–Crippen MR) is 100 cm³/mol. The summed E-state index contributed by atoms with van der Waals surface area (Å²) in [6.45, 7) is 9.85. The number of guanidine groups is 1. The molecule has 5 heteroatoms. The molecule has 0 aliphatic carbocycles. The van der Waals surface area contributed by atoms with Crippen molar-refractivity contribution in [3.63, 3.8) is 0 Å². The van der Waals surface area contributed by atoms with E-state index in [4.69, 9.17) is 4.42 Å². The summed E-state index contributed by atoms with van der Waals surface area (Å²) in [5.41, 5.74) is 0. The van der Waals surface area contributed by atoms with Crippen molar-refractivity contribution in [2.45, 2.75) is 58.5 Å². The molecule has 1 aliphatic heterocycles. The van der Waals surface area contributed by atoms with Crippen molar-refractivity contribution < 1.29 is 4.42 Å². The molecular weight excluding hydrogens is 300 g/mol. The lowest BCUT2D eigenvalue weighted by Gasteiger charge is -2.27. The molecule has 2 unspecified atom stereocenters. The summed E-state index contributed by atoms with van der Waals surface area (Å²) in [4.78, 5) is 6.88. The molecule has 0 bridgehead atoms. The topological polar surface area (TPSA) is 52.8 Å². The van der Waals surface area contributed by atoms with Crippen LogP contribution in [0.1, 0.15) is 58.3 Å². The molecule has 1 aliphatic rings. The summed E-state index contributed by atoms with van der Waals surface area (Å²) in [5, 5.41) is 6.99. The molecule has 1 fully saturated rings. The molecule has 1 aromatic rings. The van der Waals surface area contributed by atoms with Crippen LogP contribution in [0.4, 0.5) is 0 Å². The Morgan fingerprint density at radius 3 is 2.58 bits per heavy atom. The molecule has 0 amide bonds. The van der Waals surface area contributed by atoms with Crippen molar-refractivity contribution in [1.29, 1.82) is 0 Å². The minimum Gasteiger partial charge on any atom is -0.468 e. The number of hydrogen-bond acceptors (Lipinski definition) is 3. The highest BCUT2D eigenvalue weighted by Crippen LogP contribution is 2.24. The Balaban J connectivity index is 1.87. The lowest BCUT2D eigenvalue weighted by molar-refractivity contribution is 0.215. The third-order valence-corrected chi connectivity index (χ3v) is 4.70. The predicted octanol–water partition coefficient (Wildman–Crippen LogP) is 3.41. The van der Waals surface area contributed by atoms with E-state index in [1.807, 2.05) is 13.1 Å². The molecule has 2 rings (SSSR count). The van der Waals surface area contributed by atoms with Crippen LogP contribution in [0.2, 0.25) is 0 Å². The summed E-state index contributed by atoms with van der Waals surface area (Å²) in [6, 6.07) is 4.74. The molecule has 1 saturated heterocycles. The fourth-order valence-electron chi connectivity index (χ4n) is 3.22. The van der Waals surface area contributed by atoms with Gasteiger partial charge in [0.15, 0.2) is 5.96 Å². The van der Waals surface area contributed by atoms with Gasteiger partial charge >= 0.3 is 0 Å². The maximum absolute atomic E-state index is 5.68. The van der Waals surface area contributed by atoms with Crippen molar-refractivity contribution in [2.24, 2.45) is 10.9 Å². The quantitative estimate of drug-likeness (QED) is 0.565. The summed E-state index contributed by atoms with van der Waals surface area (Å²) < 4.78 is 5.68. The minimum absolute atomic E-state index is 0.270. The largest absolute Gasteiger partial charge is 0.468 e. The van der Waals surface area contributed by atoms with E-state index < -0.39 is 0 Å². The number of aliphatic imine (C=N–C) groups is 1. The minimum atomic E-state index is 0.270. The Hall–Kier alpha value is -1.49. The normalized spacial score (nSPS) is 18.8. The van der Waals surface area contributed by atoms with Crippen LogP contribution in [0.25, 0.3) is 0 Å². The number of rotatable bonds is 8. The van der Waals surface area contributed by atoms with Crippen LogP contribution in [0, 0.1) is 5.92 Å². The van der Waals surface area contributed by atoms with Crippen molar-refractivity contribution >= 4 is 5.96 Å². The second-order valence-corrected chi connectivity index (χ2v) is 7.24. The third kappa shape index (κ3) is 5.86. The lowest BCUT2D eigenvalue weighted by Crippen LogP contribution is -2.45. The van der Waals surface area contributed by atoms with Gasteiger partial charge in [0.25, 0.3) is 0 Å². The summed E-state index contributed by atoms with van der Waals surface area (Å²) >= 11 is 0. The van der Waals surface area contributed by atoms with Gasteiger partial charge in [-0.1, -0.05) is 13.8 Å². The van der Waals surface area contributed by atoms with E-state index in [-0.39, 0.29) is 6.04 Å². The fourth-order valence-corrected chi connectivity index (χ4v) is 3.22. The van der Waals surface area contributed by atoms with Gasteiger partial charge < -0.3 is 15.1 Å².